The maximum absolute atomic E-state index is 12.9. The maximum Gasteiger partial charge on any atom is 0.246 e. The van der Waals surface area contributed by atoms with Crippen molar-refractivity contribution in [2.45, 2.75) is 38.8 Å². The molecule has 0 atom stereocenters. The average Bonchev–Trinajstić information content (AvgIpc) is 3.63. The van der Waals surface area contributed by atoms with E-state index in [9.17, 15) is 4.79 Å². The molecule has 0 unspecified atom stereocenters. The third kappa shape index (κ3) is 6.11. The van der Waals surface area contributed by atoms with Crippen LogP contribution in [0.2, 0.25) is 5.02 Å². The number of rotatable bonds is 9. The number of hydrogen-bond acceptors (Lipinski definition) is 8. The highest BCUT2D eigenvalue weighted by molar-refractivity contribution is 7.19. The monoisotopic (exact) mass is 574 g/mol. The van der Waals surface area contributed by atoms with E-state index in [1.165, 1.54) is 36.4 Å². The summed E-state index contributed by atoms with van der Waals surface area (Å²) < 4.78 is 5.88. The van der Waals surface area contributed by atoms with Crippen LogP contribution in [0, 0.1) is 0 Å². The molecule has 2 aliphatic heterocycles. The molecule has 6 rings (SSSR count). The molecule has 5 heterocycles. The van der Waals surface area contributed by atoms with Crippen molar-refractivity contribution in [1.29, 1.82) is 0 Å². The first kappa shape index (κ1) is 26.7. The minimum atomic E-state index is 0.0782. The maximum atomic E-state index is 12.9. The lowest BCUT2D eigenvalue weighted by molar-refractivity contribution is -0.126. The quantitative estimate of drug-likeness (QED) is 0.246. The number of aromatic nitrogens is 3. The predicted octanol–water partition coefficient (Wildman–Crippen LogP) is 5.99. The second-order valence-electron chi connectivity index (χ2n) is 10.1. The van der Waals surface area contributed by atoms with Crippen LogP contribution >= 0.6 is 22.9 Å². The fourth-order valence-corrected chi connectivity index (χ4v) is 6.68. The molecular weight excluding hydrogens is 544 g/mol. The van der Waals surface area contributed by atoms with Crippen LogP contribution in [0.25, 0.3) is 10.2 Å². The standard InChI is InChI=1S/C30H31ClN6O2S/c31-24-16-22(8-9-25(24)39-19-21-6-5-11-32-17-21)35-29-28-23-10-15-37(18-26(23)40-30(28)34-20-33-29)27(38)7-1-2-12-36-13-3-4-14-36/h1,5-9,11,16-17,20H,2-4,10,12-15,18-19H2,(H,33,34,35). The van der Waals surface area contributed by atoms with E-state index in [1.54, 1.807) is 36.1 Å². The number of carbonyl (C=O) groups excluding carboxylic acids is 1. The number of ether oxygens (including phenoxy) is 1. The summed E-state index contributed by atoms with van der Waals surface area (Å²) in [7, 11) is 0. The van der Waals surface area contributed by atoms with Gasteiger partial charge in [0.1, 0.15) is 29.3 Å². The van der Waals surface area contributed by atoms with Crippen LogP contribution in [0.15, 0.2) is 61.2 Å². The van der Waals surface area contributed by atoms with E-state index in [4.69, 9.17) is 16.3 Å². The van der Waals surface area contributed by atoms with Gasteiger partial charge < -0.3 is 19.9 Å². The van der Waals surface area contributed by atoms with Gasteiger partial charge in [-0.1, -0.05) is 23.7 Å². The molecule has 10 heteroatoms. The normalized spacial score (nSPS) is 15.6. The summed E-state index contributed by atoms with van der Waals surface area (Å²) >= 11 is 8.18. The molecule has 1 saturated heterocycles. The van der Waals surface area contributed by atoms with Gasteiger partial charge in [-0.05, 0) is 74.7 Å². The highest BCUT2D eigenvalue weighted by Crippen LogP contribution is 2.39. The van der Waals surface area contributed by atoms with E-state index in [1.807, 2.05) is 41.3 Å². The largest absolute Gasteiger partial charge is 0.487 e. The van der Waals surface area contributed by atoms with Gasteiger partial charge in [0.05, 0.1) is 17.0 Å². The molecular formula is C30H31ClN6O2S. The van der Waals surface area contributed by atoms with E-state index in [2.05, 4.69) is 25.2 Å². The minimum Gasteiger partial charge on any atom is -0.487 e. The Morgan fingerprint density at radius 2 is 2.08 bits per heavy atom. The summed E-state index contributed by atoms with van der Waals surface area (Å²) in [6, 6.07) is 9.45. The number of anilines is 2. The molecule has 0 saturated carbocycles. The molecule has 8 nitrogen and oxygen atoms in total. The lowest BCUT2D eigenvalue weighted by Crippen LogP contribution is -2.34. The first-order chi connectivity index (χ1) is 19.6. The second-order valence-corrected chi connectivity index (χ2v) is 11.6. The Labute approximate surface area is 242 Å². The number of carbonyl (C=O) groups is 1. The summed E-state index contributed by atoms with van der Waals surface area (Å²) in [5.41, 5.74) is 3.00. The van der Waals surface area contributed by atoms with Crippen LogP contribution in [0.5, 0.6) is 5.75 Å². The number of nitrogens with one attached hydrogen (secondary N) is 1. The fraction of sp³-hybridized carbons (Fsp3) is 0.333. The Bertz CT molecular complexity index is 1520. The van der Waals surface area contributed by atoms with Crippen LogP contribution in [0.4, 0.5) is 11.5 Å². The molecule has 1 fully saturated rings. The number of likely N-dealkylation sites (tertiary alicyclic amines) is 1. The van der Waals surface area contributed by atoms with Crippen LogP contribution in [-0.2, 0) is 24.4 Å². The van der Waals surface area contributed by atoms with E-state index in [-0.39, 0.29) is 5.91 Å². The van der Waals surface area contributed by atoms with E-state index < -0.39 is 0 Å². The van der Waals surface area contributed by atoms with Crippen LogP contribution in [-0.4, -0.2) is 56.8 Å². The first-order valence-corrected chi connectivity index (χ1v) is 14.8. The summed E-state index contributed by atoms with van der Waals surface area (Å²) in [4.78, 5) is 32.6. The van der Waals surface area contributed by atoms with Crippen molar-refractivity contribution < 1.29 is 9.53 Å². The Morgan fingerprint density at radius 1 is 1.18 bits per heavy atom. The van der Waals surface area contributed by atoms with Gasteiger partial charge in [0.2, 0.25) is 5.91 Å². The summed E-state index contributed by atoms with van der Waals surface area (Å²) in [6.07, 6.45) is 13.1. The smallest absolute Gasteiger partial charge is 0.246 e. The summed E-state index contributed by atoms with van der Waals surface area (Å²) in [6.45, 7) is 5.06. The van der Waals surface area contributed by atoms with Crippen LogP contribution in [0.3, 0.4) is 0 Å². The lowest BCUT2D eigenvalue weighted by Gasteiger charge is -2.26. The molecule has 3 aromatic heterocycles. The number of fused-ring (bicyclic) bond motifs is 3. The third-order valence-electron chi connectivity index (χ3n) is 7.33. The van der Waals surface area contributed by atoms with Crippen molar-refractivity contribution in [3.63, 3.8) is 0 Å². The van der Waals surface area contributed by atoms with Gasteiger partial charge >= 0.3 is 0 Å². The van der Waals surface area contributed by atoms with E-state index in [0.717, 1.165) is 46.7 Å². The van der Waals surface area contributed by atoms with Gasteiger partial charge in [0.25, 0.3) is 0 Å². The number of benzene rings is 1. The van der Waals surface area contributed by atoms with Crippen molar-refractivity contribution in [3.8, 4) is 5.75 Å². The Morgan fingerprint density at radius 3 is 2.90 bits per heavy atom. The van der Waals surface area contributed by atoms with Crippen molar-refractivity contribution >= 4 is 50.6 Å². The zero-order chi connectivity index (χ0) is 27.3. The molecule has 1 aromatic carbocycles. The number of hydrogen-bond donors (Lipinski definition) is 1. The van der Waals surface area contributed by atoms with Gasteiger partial charge in [-0.3, -0.25) is 9.78 Å². The van der Waals surface area contributed by atoms with E-state index in [0.29, 0.717) is 30.5 Å². The van der Waals surface area contributed by atoms with E-state index >= 15 is 0 Å². The number of pyridine rings is 1. The van der Waals surface area contributed by atoms with Gasteiger partial charge in [0.15, 0.2) is 0 Å². The Hall–Kier alpha value is -3.53. The highest BCUT2D eigenvalue weighted by atomic mass is 35.5. The van der Waals surface area contributed by atoms with Gasteiger partial charge in [0, 0.05) is 41.6 Å². The number of amides is 1. The second kappa shape index (κ2) is 12.3. The molecule has 4 aromatic rings. The van der Waals surface area contributed by atoms with Crippen molar-refractivity contribution in [2.75, 3.05) is 31.5 Å². The summed E-state index contributed by atoms with van der Waals surface area (Å²) in [5, 5.41) is 4.95. The Kier molecular flexibility index (Phi) is 8.22. The topological polar surface area (TPSA) is 83.5 Å². The SMILES string of the molecule is O=C(C=CCCN1CCCC1)N1CCc2c(sc3ncnc(Nc4ccc(OCc5cccnc5)c(Cl)c4)c23)C1. The molecule has 0 aliphatic carbocycles. The average molecular weight is 575 g/mol. The predicted molar refractivity (Wildman–Crippen MR) is 159 cm³/mol. The molecule has 1 N–H and O–H groups in total. The van der Waals surface area contributed by atoms with Crippen molar-refractivity contribution in [3.05, 3.63) is 82.2 Å². The zero-order valence-electron chi connectivity index (χ0n) is 22.2. The van der Waals surface area contributed by atoms with Crippen LogP contribution < -0.4 is 10.1 Å². The van der Waals surface area contributed by atoms with Crippen LogP contribution in [0.1, 0.15) is 35.3 Å². The van der Waals surface area contributed by atoms with Crippen molar-refractivity contribution in [2.24, 2.45) is 0 Å². The fourth-order valence-electron chi connectivity index (χ4n) is 5.24. The number of halogens is 1. The molecule has 40 heavy (non-hydrogen) atoms. The molecule has 206 valence electrons. The third-order valence-corrected chi connectivity index (χ3v) is 8.75. The first-order valence-electron chi connectivity index (χ1n) is 13.7. The Balaban J connectivity index is 1.12. The number of nitrogens with zero attached hydrogens (tertiary/aromatic N) is 5. The zero-order valence-corrected chi connectivity index (χ0v) is 23.8. The van der Waals surface area contributed by atoms with Gasteiger partial charge in [-0.15, -0.1) is 11.3 Å². The molecule has 2 aliphatic rings. The minimum absolute atomic E-state index is 0.0782. The van der Waals surface area contributed by atoms with Crippen molar-refractivity contribution in [1.82, 2.24) is 24.8 Å². The molecule has 0 radical (unpaired) electrons. The lowest BCUT2D eigenvalue weighted by atomic mass is 10.0. The highest BCUT2D eigenvalue weighted by Gasteiger charge is 2.25. The molecule has 0 bridgehead atoms. The molecule has 1 amide bonds. The number of thiophene rings is 1. The van der Waals surface area contributed by atoms with Gasteiger partial charge in [-0.25, -0.2) is 9.97 Å². The summed E-state index contributed by atoms with van der Waals surface area (Å²) in [5.74, 6) is 1.42. The molecule has 0 spiro atoms. The van der Waals surface area contributed by atoms with Gasteiger partial charge in [-0.2, -0.15) is 0 Å².